The number of hydrogen-bond acceptors (Lipinski definition) is 4. The molecule has 0 fully saturated rings. The third kappa shape index (κ3) is 4.76. The lowest BCUT2D eigenvalue weighted by molar-refractivity contribution is 0.0922. The Morgan fingerprint density at radius 1 is 1.47 bits per heavy atom. The van der Waals surface area contributed by atoms with Crippen molar-refractivity contribution in [2.24, 2.45) is 0 Å². The van der Waals surface area contributed by atoms with Gasteiger partial charge >= 0.3 is 0 Å². The second-order valence-corrected chi connectivity index (χ2v) is 3.29. The van der Waals surface area contributed by atoms with E-state index in [2.05, 4.69) is 10.3 Å². The van der Waals surface area contributed by atoms with Crippen LogP contribution in [0.3, 0.4) is 0 Å². The molecule has 0 aliphatic heterocycles. The molecule has 84 valence electrons. The molecule has 4 nitrogen and oxygen atoms in total. The highest BCUT2D eigenvalue weighted by atomic mass is 16.5. The maximum absolute atomic E-state index is 8.49. The lowest BCUT2D eigenvalue weighted by Gasteiger charge is -2.07. The number of pyridine rings is 1. The molecule has 2 N–H and O–H groups in total. The van der Waals surface area contributed by atoms with Crippen molar-refractivity contribution in [3.63, 3.8) is 0 Å². The first-order valence-corrected chi connectivity index (χ1v) is 5.18. The van der Waals surface area contributed by atoms with E-state index in [1.807, 2.05) is 19.1 Å². The third-order valence-electron chi connectivity index (χ3n) is 2.00. The third-order valence-corrected chi connectivity index (χ3v) is 2.00. The number of anilines is 1. The van der Waals surface area contributed by atoms with Gasteiger partial charge in [-0.3, -0.25) is 0 Å². The summed E-state index contributed by atoms with van der Waals surface area (Å²) in [7, 11) is 0. The number of nitrogens with zero attached hydrogens (tertiary/aromatic N) is 1. The van der Waals surface area contributed by atoms with Gasteiger partial charge in [0.15, 0.2) is 0 Å². The number of aryl methyl sites for hydroxylation is 1. The molecule has 15 heavy (non-hydrogen) atoms. The maximum Gasteiger partial charge on any atom is 0.128 e. The van der Waals surface area contributed by atoms with Crippen molar-refractivity contribution in [3.05, 3.63) is 23.9 Å². The second kappa shape index (κ2) is 7.20. The summed E-state index contributed by atoms with van der Waals surface area (Å²) in [6, 6.07) is 3.95. The van der Waals surface area contributed by atoms with Crippen LogP contribution in [0.2, 0.25) is 0 Å². The Bertz CT molecular complexity index is 279. The van der Waals surface area contributed by atoms with Crippen LogP contribution in [-0.2, 0) is 4.74 Å². The molecule has 0 atom stereocenters. The molecular weight excluding hydrogens is 192 g/mol. The van der Waals surface area contributed by atoms with Crippen molar-refractivity contribution in [2.75, 3.05) is 31.7 Å². The van der Waals surface area contributed by atoms with Gasteiger partial charge < -0.3 is 15.2 Å². The van der Waals surface area contributed by atoms with E-state index in [1.54, 1.807) is 6.20 Å². The van der Waals surface area contributed by atoms with Crippen molar-refractivity contribution in [1.82, 2.24) is 4.98 Å². The van der Waals surface area contributed by atoms with Gasteiger partial charge in [0.2, 0.25) is 0 Å². The zero-order chi connectivity index (χ0) is 10.9. The van der Waals surface area contributed by atoms with Gasteiger partial charge in [0, 0.05) is 19.3 Å². The molecule has 0 saturated carbocycles. The van der Waals surface area contributed by atoms with E-state index < -0.39 is 0 Å². The fraction of sp³-hybridized carbons (Fsp3) is 0.545. The number of rotatable bonds is 7. The Morgan fingerprint density at radius 3 is 3.07 bits per heavy atom. The summed E-state index contributed by atoms with van der Waals surface area (Å²) in [5.74, 6) is 0.930. The van der Waals surface area contributed by atoms with Crippen molar-refractivity contribution in [3.8, 4) is 0 Å². The molecule has 0 radical (unpaired) electrons. The summed E-state index contributed by atoms with van der Waals surface area (Å²) in [5.41, 5.74) is 1.15. The molecule has 4 heteroatoms. The fourth-order valence-electron chi connectivity index (χ4n) is 1.22. The maximum atomic E-state index is 8.49. The summed E-state index contributed by atoms with van der Waals surface area (Å²) in [6.45, 7) is 4.04. The van der Waals surface area contributed by atoms with Gasteiger partial charge in [-0.05, 0) is 25.0 Å². The summed E-state index contributed by atoms with van der Waals surface area (Å²) in [5, 5.41) is 11.7. The zero-order valence-electron chi connectivity index (χ0n) is 9.07. The number of aromatic nitrogens is 1. The Hall–Kier alpha value is -1.13. The number of hydrogen-bond donors (Lipinski definition) is 2. The van der Waals surface area contributed by atoms with Gasteiger partial charge in [-0.2, -0.15) is 0 Å². The lowest BCUT2D eigenvalue weighted by Crippen LogP contribution is -2.09. The molecular formula is C11H18N2O2. The van der Waals surface area contributed by atoms with Crippen LogP contribution in [0.15, 0.2) is 18.3 Å². The van der Waals surface area contributed by atoms with E-state index in [0.29, 0.717) is 13.2 Å². The highest BCUT2D eigenvalue weighted by Crippen LogP contribution is 2.08. The van der Waals surface area contributed by atoms with Crippen LogP contribution in [0.4, 0.5) is 5.82 Å². The fourth-order valence-corrected chi connectivity index (χ4v) is 1.22. The average molecular weight is 210 g/mol. The van der Waals surface area contributed by atoms with Gasteiger partial charge in [-0.15, -0.1) is 0 Å². The van der Waals surface area contributed by atoms with E-state index in [9.17, 15) is 0 Å². The summed E-state index contributed by atoms with van der Waals surface area (Å²) in [4.78, 5) is 4.22. The van der Waals surface area contributed by atoms with Crippen LogP contribution in [0.25, 0.3) is 0 Å². The minimum absolute atomic E-state index is 0.0901. The number of nitrogens with one attached hydrogen (secondary N) is 1. The molecule has 0 unspecified atom stereocenters. The molecule has 0 aliphatic carbocycles. The first-order valence-electron chi connectivity index (χ1n) is 5.18. The normalized spacial score (nSPS) is 10.3. The Kier molecular flexibility index (Phi) is 5.73. The van der Waals surface area contributed by atoms with Crippen molar-refractivity contribution >= 4 is 5.82 Å². The molecule has 1 aromatic rings. The standard InChI is InChI=1S/C11H18N2O2/c1-10-4-2-5-12-11(10)13-6-3-8-15-9-7-14/h2,4-5,14H,3,6-9H2,1H3,(H,12,13). The number of ether oxygens (including phenoxy) is 1. The van der Waals surface area contributed by atoms with Crippen LogP contribution < -0.4 is 5.32 Å². The van der Waals surface area contributed by atoms with E-state index in [4.69, 9.17) is 9.84 Å². The minimum atomic E-state index is 0.0901. The quantitative estimate of drug-likeness (QED) is 0.664. The molecule has 1 rings (SSSR count). The zero-order valence-corrected chi connectivity index (χ0v) is 9.07. The molecule has 0 saturated heterocycles. The van der Waals surface area contributed by atoms with Crippen molar-refractivity contribution in [1.29, 1.82) is 0 Å². The first-order chi connectivity index (χ1) is 7.34. The van der Waals surface area contributed by atoms with Crippen LogP contribution in [0, 0.1) is 6.92 Å². The summed E-state index contributed by atoms with van der Waals surface area (Å²) >= 11 is 0. The Morgan fingerprint density at radius 2 is 2.33 bits per heavy atom. The topological polar surface area (TPSA) is 54.4 Å². The predicted octanol–water partition coefficient (Wildman–Crippen LogP) is 1.20. The average Bonchev–Trinajstić information content (AvgIpc) is 2.25. The van der Waals surface area contributed by atoms with Crippen LogP contribution >= 0.6 is 0 Å². The molecule has 0 spiro atoms. The van der Waals surface area contributed by atoms with E-state index >= 15 is 0 Å². The van der Waals surface area contributed by atoms with E-state index in [1.165, 1.54) is 0 Å². The molecule has 0 amide bonds. The molecule has 0 aromatic carbocycles. The van der Waals surface area contributed by atoms with Crippen molar-refractivity contribution in [2.45, 2.75) is 13.3 Å². The van der Waals surface area contributed by atoms with Gasteiger partial charge in [-0.25, -0.2) is 4.98 Å². The lowest BCUT2D eigenvalue weighted by atomic mass is 10.3. The summed E-state index contributed by atoms with van der Waals surface area (Å²) in [6.07, 6.45) is 2.69. The SMILES string of the molecule is Cc1cccnc1NCCCOCCO. The molecule has 0 bridgehead atoms. The first kappa shape index (κ1) is 11.9. The second-order valence-electron chi connectivity index (χ2n) is 3.29. The highest BCUT2D eigenvalue weighted by molar-refractivity contribution is 5.42. The molecule has 1 heterocycles. The van der Waals surface area contributed by atoms with Crippen molar-refractivity contribution < 1.29 is 9.84 Å². The van der Waals surface area contributed by atoms with Gasteiger partial charge in [0.05, 0.1) is 13.2 Å². The molecule has 0 aliphatic rings. The van der Waals surface area contributed by atoms with Gasteiger partial charge in [-0.1, -0.05) is 6.07 Å². The summed E-state index contributed by atoms with van der Waals surface area (Å²) < 4.78 is 5.14. The molecule has 1 aromatic heterocycles. The highest BCUT2D eigenvalue weighted by Gasteiger charge is 1.96. The predicted molar refractivity (Wildman–Crippen MR) is 60.0 cm³/mol. The van der Waals surface area contributed by atoms with E-state index in [-0.39, 0.29) is 6.61 Å². The number of aliphatic hydroxyl groups excluding tert-OH is 1. The van der Waals surface area contributed by atoms with Crippen LogP contribution in [-0.4, -0.2) is 36.5 Å². The smallest absolute Gasteiger partial charge is 0.128 e. The Labute approximate surface area is 90.3 Å². The van der Waals surface area contributed by atoms with Gasteiger partial charge in [0.25, 0.3) is 0 Å². The van der Waals surface area contributed by atoms with Crippen LogP contribution in [0.5, 0.6) is 0 Å². The van der Waals surface area contributed by atoms with Crippen LogP contribution in [0.1, 0.15) is 12.0 Å². The minimum Gasteiger partial charge on any atom is -0.394 e. The monoisotopic (exact) mass is 210 g/mol. The van der Waals surface area contributed by atoms with Gasteiger partial charge in [0.1, 0.15) is 5.82 Å². The Balaban J connectivity index is 2.12. The largest absolute Gasteiger partial charge is 0.394 e. The van der Waals surface area contributed by atoms with E-state index in [0.717, 1.165) is 24.3 Å². The number of aliphatic hydroxyl groups is 1.